The Balaban J connectivity index is 2.70. The topological polar surface area (TPSA) is 64.6 Å². The fourth-order valence-electron chi connectivity index (χ4n) is 1.59. The first-order chi connectivity index (χ1) is 8.58. The predicted molar refractivity (Wildman–Crippen MR) is 74.1 cm³/mol. The van der Waals surface area contributed by atoms with Crippen LogP contribution in [0.3, 0.4) is 0 Å². The number of carbonyl (C=O) groups excluding carboxylic acids is 1. The van der Waals surface area contributed by atoms with Gasteiger partial charge in [-0.1, -0.05) is 19.1 Å². The van der Waals surface area contributed by atoms with Crippen LogP contribution in [0.15, 0.2) is 24.3 Å². The van der Waals surface area contributed by atoms with Crippen LogP contribution in [-0.2, 0) is 0 Å². The number of benzene rings is 1. The first kappa shape index (κ1) is 14.3. The summed E-state index contributed by atoms with van der Waals surface area (Å²) >= 11 is 0. The van der Waals surface area contributed by atoms with Crippen molar-refractivity contribution in [3.63, 3.8) is 0 Å². The van der Waals surface area contributed by atoms with Crippen LogP contribution in [0.2, 0.25) is 0 Å². The molecule has 0 aliphatic rings. The lowest BCUT2D eigenvalue weighted by Crippen LogP contribution is -2.39. The summed E-state index contributed by atoms with van der Waals surface area (Å²) in [6, 6.07) is 7.04. The summed E-state index contributed by atoms with van der Waals surface area (Å²) in [5.74, 6) is 0. The highest BCUT2D eigenvalue weighted by molar-refractivity contribution is 5.93. The molecule has 1 rings (SSSR count). The summed E-state index contributed by atoms with van der Waals surface area (Å²) in [4.78, 5) is 13.7. The van der Waals surface area contributed by atoms with E-state index in [0.717, 1.165) is 11.4 Å². The largest absolute Gasteiger partial charge is 0.394 e. The van der Waals surface area contributed by atoms with Gasteiger partial charge in [-0.2, -0.15) is 0 Å². The number of amides is 2. The molecule has 0 aromatic heterocycles. The fraction of sp³-hybridized carbons (Fsp3) is 0.462. The van der Waals surface area contributed by atoms with Crippen molar-refractivity contribution in [1.29, 1.82) is 0 Å². The Morgan fingerprint density at radius 1 is 1.39 bits per heavy atom. The Morgan fingerprint density at radius 2 is 2.06 bits per heavy atom. The highest BCUT2D eigenvalue weighted by Gasteiger charge is 2.11. The number of carbonyl (C=O) groups is 1. The van der Waals surface area contributed by atoms with Gasteiger partial charge in [-0.3, -0.25) is 0 Å². The second-order valence-electron chi connectivity index (χ2n) is 4.30. The maximum atomic E-state index is 11.8. The summed E-state index contributed by atoms with van der Waals surface area (Å²) < 4.78 is 0. The van der Waals surface area contributed by atoms with E-state index < -0.39 is 0 Å². The third-order valence-electron chi connectivity index (χ3n) is 2.68. The van der Waals surface area contributed by atoms with Crippen molar-refractivity contribution in [2.75, 3.05) is 30.9 Å². The van der Waals surface area contributed by atoms with Crippen molar-refractivity contribution in [2.24, 2.45) is 0 Å². The second-order valence-corrected chi connectivity index (χ2v) is 4.30. The number of anilines is 2. The average Bonchev–Trinajstić information content (AvgIpc) is 2.36. The molecule has 3 N–H and O–H groups in total. The summed E-state index contributed by atoms with van der Waals surface area (Å²) in [5, 5.41) is 14.5. The quantitative estimate of drug-likeness (QED) is 0.745. The fourth-order valence-corrected chi connectivity index (χ4v) is 1.59. The lowest BCUT2D eigenvalue weighted by atomic mass is 10.2. The van der Waals surface area contributed by atoms with Crippen molar-refractivity contribution in [3.05, 3.63) is 24.3 Å². The SMILES string of the molecule is CCC(CO)NC(=O)Nc1ccccc1N(C)C. The van der Waals surface area contributed by atoms with Gasteiger partial charge in [0, 0.05) is 14.1 Å². The lowest BCUT2D eigenvalue weighted by Gasteiger charge is -2.19. The van der Waals surface area contributed by atoms with E-state index in [9.17, 15) is 4.79 Å². The van der Waals surface area contributed by atoms with Crippen LogP contribution in [-0.4, -0.2) is 37.9 Å². The highest BCUT2D eigenvalue weighted by atomic mass is 16.3. The number of hydrogen-bond acceptors (Lipinski definition) is 3. The zero-order valence-corrected chi connectivity index (χ0v) is 11.1. The monoisotopic (exact) mass is 251 g/mol. The number of para-hydroxylation sites is 2. The van der Waals surface area contributed by atoms with Crippen LogP contribution in [0.5, 0.6) is 0 Å². The molecular weight excluding hydrogens is 230 g/mol. The van der Waals surface area contributed by atoms with Crippen molar-refractivity contribution in [1.82, 2.24) is 5.32 Å². The lowest BCUT2D eigenvalue weighted by molar-refractivity contribution is 0.222. The van der Waals surface area contributed by atoms with Gasteiger partial charge in [0.05, 0.1) is 24.0 Å². The normalized spacial score (nSPS) is 11.8. The number of urea groups is 1. The smallest absolute Gasteiger partial charge is 0.319 e. The molecule has 0 radical (unpaired) electrons. The van der Waals surface area contributed by atoms with E-state index in [1.54, 1.807) is 0 Å². The van der Waals surface area contributed by atoms with Crippen LogP contribution in [0.25, 0.3) is 0 Å². The van der Waals surface area contributed by atoms with Gasteiger partial charge in [-0.25, -0.2) is 4.79 Å². The number of nitrogens with zero attached hydrogens (tertiary/aromatic N) is 1. The molecule has 18 heavy (non-hydrogen) atoms. The van der Waals surface area contributed by atoms with E-state index in [1.807, 2.05) is 50.2 Å². The van der Waals surface area contributed by atoms with Crippen LogP contribution in [0.4, 0.5) is 16.2 Å². The van der Waals surface area contributed by atoms with Crippen molar-refractivity contribution >= 4 is 17.4 Å². The summed E-state index contributed by atoms with van der Waals surface area (Å²) in [5.41, 5.74) is 1.68. The molecule has 0 spiro atoms. The number of nitrogens with one attached hydrogen (secondary N) is 2. The number of aliphatic hydroxyl groups is 1. The van der Waals surface area contributed by atoms with Crippen LogP contribution in [0, 0.1) is 0 Å². The molecule has 0 heterocycles. The number of rotatable bonds is 5. The van der Waals surface area contributed by atoms with E-state index in [4.69, 9.17) is 5.11 Å². The van der Waals surface area contributed by atoms with Gasteiger partial charge in [-0.05, 0) is 18.6 Å². The molecule has 100 valence electrons. The molecule has 1 aromatic carbocycles. The summed E-state index contributed by atoms with van der Waals surface area (Å²) in [6.45, 7) is 1.86. The van der Waals surface area contributed by atoms with Crippen LogP contribution < -0.4 is 15.5 Å². The maximum Gasteiger partial charge on any atom is 0.319 e. The molecular formula is C13H21N3O2. The minimum absolute atomic E-state index is 0.0563. The number of aliphatic hydroxyl groups excluding tert-OH is 1. The van der Waals surface area contributed by atoms with Crippen LogP contribution in [0.1, 0.15) is 13.3 Å². The molecule has 0 aliphatic carbocycles. The zero-order valence-electron chi connectivity index (χ0n) is 11.1. The minimum Gasteiger partial charge on any atom is -0.394 e. The van der Waals surface area contributed by atoms with Gasteiger partial charge in [0.25, 0.3) is 0 Å². The molecule has 0 saturated heterocycles. The average molecular weight is 251 g/mol. The molecule has 1 aromatic rings. The van der Waals surface area contributed by atoms with E-state index in [-0.39, 0.29) is 18.7 Å². The Bertz CT molecular complexity index is 390. The molecule has 1 atom stereocenters. The molecule has 1 unspecified atom stereocenters. The molecule has 5 nitrogen and oxygen atoms in total. The molecule has 5 heteroatoms. The third-order valence-corrected chi connectivity index (χ3v) is 2.68. The van der Waals surface area contributed by atoms with Crippen LogP contribution >= 0.6 is 0 Å². The summed E-state index contributed by atoms with van der Waals surface area (Å²) in [6.07, 6.45) is 0.694. The Kier molecular flexibility index (Phi) is 5.45. The predicted octanol–water partition coefficient (Wildman–Crippen LogP) is 1.65. The van der Waals surface area contributed by atoms with Gasteiger partial charge in [0.15, 0.2) is 0 Å². The van der Waals surface area contributed by atoms with Gasteiger partial charge >= 0.3 is 6.03 Å². The van der Waals surface area contributed by atoms with E-state index in [0.29, 0.717) is 6.42 Å². The van der Waals surface area contributed by atoms with Crippen molar-refractivity contribution in [3.8, 4) is 0 Å². The van der Waals surface area contributed by atoms with Gasteiger partial charge in [-0.15, -0.1) is 0 Å². The first-order valence-electron chi connectivity index (χ1n) is 6.03. The molecule has 2 amide bonds. The molecule has 0 aliphatic heterocycles. The van der Waals surface area contributed by atoms with E-state index in [2.05, 4.69) is 10.6 Å². The van der Waals surface area contributed by atoms with Gasteiger partial charge < -0.3 is 20.6 Å². The Hall–Kier alpha value is -1.75. The van der Waals surface area contributed by atoms with Crippen molar-refractivity contribution < 1.29 is 9.90 Å². The molecule has 0 bridgehead atoms. The number of hydrogen-bond donors (Lipinski definition) is 3. The van der Waals surface area contributed by atoms with E-state index in [1.165, 1.54) is 0 Å². The second kappa shape index (κ2) is 6.86. The third kappa shape index (κ3) is 3.92. The summed E-state index contributed by atoms with van der Waals surface area (Å²) in [7, 11) is 3.84. The standard InChI is InChI=1S/C13H21N3O2/c1-4-10(9-17)14-13(18)15-11-7-5-6-8-12(11)16(2)3/h5-8,10,17H,4,9H2,1-3H3,(H2,14,15,18). The van der Waals surface area contributed by atoms with E-state index >= 15 is 0 Å². The maximum absolute atomic E-state index is 11.8. The minimum atomic E-state index is -0.301. The Morgan fingerprint density at radius 3 is 2.61 bits per heavy atom. The Labute approximate surface area is 108 Å². The van der Waals surface area contributed by atoms with Crippen molar-refractivity contribution in [2.45, 2.75) is 19.4 Å². The van der Waals surface area contributed by atoms with Gasteiger partial charge in [0.2, 0.25) is 0 Å². The highest BCUT2D eigenvalue weighted by Crippen LogP contribution is 2.23. The molecule has 0 saturated carbocycles. The van der Waals surface area contributed by atoms with Gasteiger partial charge in [0.1, 0.15) is 0 Å². The first-order valence-corrected chi connectivity index (χ1v) is 6.03. The zero-order chi connectivity index (χ0) is 13.5. The molecule has 0 fully saturated rings.